The molecule has 2 aromatic heterocycles. The van der Waals surface area contributed by atoms with E-state index in [4.69, 9.17) is 0 Å². The van der Waals surface area contributed by atoms with Gasteiger partial charge in [0.25, 0.3) is 5.91 Å². The Bertz CT molecular complexity index is 1200. The molecule has 0 unspecified atom stereocenters. The number of hydrogen-bond acceptors (Lipinski definition) is 6. The van der Waals surface area contributed by atoms with Crippen molar-refractivity contribution in [3.05, 3.63) is 88.6 Å². The molecule has 0 radical (unpaired) electrons. The molecule has 0 aliphatic heterocycles. The first kappa shape index (κ1) is 21.8. The molecule has 0 spiro atoms. The van der Waals surface area contributed by atoms with E-state index < -0.39 is 0 Å². The number of anilines is 1. The summed E-state index contributed by atoms with van der Waals surface area (Å²) in [7, 11) is 0. The van der Waals surface area contributed by atoms with E-state index in [0.717, 1.165) is 21.3 Å². The number of aryl methyl sites for hydroxylation is 1. The average molecular weight is 464 g/mol. The summed E-state index contributed by atoms with van der Waals surface area (Å²) in [5.74, 6) is 0.101. The third-order valence-electron chi connectivity index (χ3n) is 4.50. The molecule has 7 nitrogen and oxygen atoms in total. The van der Waals surface area contributed by atoms with Crippen molar-refractivity contribution < 1.29 is 9.59 Å². The lowest BCUT2D eigenvalue weighted by Crippen LogP contribution is -2.33. The Balaban J connectivity index is 1.31. The lowest BCUT2D eigenvalue weighted by Gasteiger charge is -2.10. The van der Waals surface area contributed by atoms with Crippen LogP contribution in [0.2, 0.25) is 0 Å². The zero-order chi connectivity index (χ0) is 22.3. The van der Waals surface area contributed by atoms with Crippen molar-refractivity contribution in [1.82, 2.24) is 20.1 Å². The van der Waals surface area contributed by atoms with Gasteiger partial charge in [-0.05, 0) is 49.4 Å². The number of benzene rings is 2. The van der Waals surface area contributed by atoms with Gasteiger partial charge >= 0.3 is 0 Å². The van der Waals surface area contributed by atoms with Crippen molar-refractivity contribution in [3.63, 3.8) is 0 Å². The van der Waals surface area contributed by atoms with Crippen molar-refractivity contribution in [2.24, 2.45) is 0 Å². The number of thioether (sulfide) groups is 1. The molecule has 0 atom stereocenters. The molecule has 2 N–H and O–H groups in total. The number of carbonyl (C=O) groups is 2. The molecule has 2 aromatic carbocycles. The molecular weight excluding hydrogens is 442 g/mol. The second-order valence-electron chi connectivity index (χ2n) is 6.87. The van der Waals surface area contributed by atoms with Crippen LogP contribution in [0.3, 0.4) is 0 Å². The third kappa shape index (κ3) is 5.63. The van der Waals surface area contributed by atoms with Gasteiger partial charge < -0.3 is 10.6 Å². The molecule has 2 heterocycles. The fourth-order valence-electron chi connectivity index (χ4n) is 2.99. The highest BCUT2D eigenvalue weighted by atomic mass is 32.2. The fraction of sp³-hybridized carbons (Fsp3) is 0.130. The van der Waals surface area contributed by atoms with Crippen LogP contribution >= 0.6 is 23.1 Å². The molecule has 0 fully saturated rings. The Morgan fingerprint density at radius 2 is 1.91 bits per heavy atom. The van der Waals surface area contributed by atoms with Crippen LogP contribution in [0.1, 0.15) is 21.1 Å². The van der Waals surface area contributed by atoms with Crippen molar-refractivity contribution in [2.75, 3.05) is 11.9 Å². The lowest BCUT2D eigenvalue weighted by atomic mass is 10.2. The van der Waals surface area contributed by atoms with Gasteiger partial charge in [-0.15, -0.1) is 23.1 Å². The van der Waals surface area contributed by atoms with Gasteiger partial charge in [-0.1, -0.05) is 12.1 Å². The highest BCUT2D eigenvalue weighted by Gasteiger charge is 2.13. The second-order valence-corrected chi connectivity index (χ2v) is 8.95. The SMILES string of the molecule is Cc1nc(CSc2ccccc2C(=O)NCC(=O)Nc2ccc(-n3cccn3)cc2)cs1. The molecule has 162 valence electrons. The van der Waals surface area contributed by atoms with Crippen LogP contribution in [-0.2, 0) is 10.5 Å². The van der Waals surface area contributed by atoms with Crippen molar-refractivity contribution in [2.45, 2.75) is 17.6 Å². The molecule has 0 aliphatic rings. The van der Waals surface area contributed by atoms with E-state index in [1.165, 1.54) is 0 Å². The monoisotopic (exact) mass is 463 g/mol. The molecule has 4 aromatic rings. The molecule has 0 bridgehead atoms. The van der Waals surface area contributed by atoms with Crippen LogP contribution in [0.25, 0.3) is 5.69 Å². The van der Waals surface area contributed by atoms with E-state index in [-0.39, 0.29) is 18.4 Å². The van der Waals surface area contributed by atoms with E-state index >= 15 is 0 Å². The summed E-state index contributed by atoms with van der Waals surface area (Å²) in [5.41, 5.74) is 3.07. The number of amides is 2. The molecule has 0 saturated carbocycles. The summed E-state index contributed by atoms with van der Waals surface area (Å²) in [6.07, 6.45) is 3.55. The number of aromatic nitrogens is 3. The molecule has 0 aliphatic carbocycles. The zero-order valence-corrected chi connectivity index (χ0v) is 19.0. The molecule has 9 heteroatoms. The number of thiazole rings is 1. The van der Waals surface area contributed by atoms with E-state index in [2.05, 4.69) is 20.7 Å². The van der Waals surface area contributed by atoms with Gasteiger partial charge in [-0.2, -0.15) is 5.10 Å². The molecular formula is C23H21N5O2S2. The Hall–Kier alpha value is -3.43. The first-order valence-corrected chi connectivity index (χ1v) is 11.8. The minimum atomic E-state index is -0.298. The first-order valence-electron chi connectivity index (χ1n) is 9.89. The van der Waals surface area contributed by atoms with Crippen LogP contribution < -0.4 is 10.6 Å². The summed E-state index contributed by atoms with van der Waals surface area (Å²) in [6.45, 7) is 1.85. The highest BCUT2D eigenvalue weighted by Crippen LogP contribution is 2.26. The molecule has 0 saturated heterocycles. The minimum absolute atomic E-state index is 0.121. The van der Waals surface area contributed by atoms with Gasteiger partial charge in [0.05, 0.1) is 28.5 Å². The standard InChI is InChI=1S/C23H21N5O2S2/c1-16-26-18(14-31-16)15-32-21-6-3-2-5-20(21)23(30)24-13-22(29)27-17-7-9-19(10-8-17)28-12-4-11-25-28/h2-12,14H,13,15H2,1H3,(H,24,30)(H,27,29). The highest BCUT2D eigenvalue weighted by molar-refractivity contribution is 7.98. The average Bonchev–Trinajstić information content (AvgIpc) is 3.49. The number of carbonyl (C=O) groups excluding carboxylic acids is 2. The van der Waals surface area contributed by atoms with Crippen molar-refractivity contribution in [3.8, 4) is 5.69 Å². The van der Waals surface area contributed by atoms with E-state index in [1.807, 2.05) is 54.9 Å². The van der Waals surface area contributed by atoms with Gasteiger partial charge in [0.15, 0.2) is 0 Å². The van der Waals surface area contributed by atoms with Crippen molar-refractivity contribution >= 4 is 40.6 Å². The number of nitrogens with zero attached hydrogens (tertiary/aromatic N) is 3. The smallest absolute Gasteiger partial charge is 0.252 e. The van der Waals surface area contributed by atoms with Crippen LogP contribution in [0.4, 0.5) is 5.69 Å². The van der Waals surface area contributed by atoms with Gasteiger partial charge in [0.1, 0.15) is 0 Å². The number of rotatable bonds is 8. The predicted molar refractivity (Wildman–Crippen MR) is 127 cm³/mol. The van der Waals surface area contributed by atoms with Crippen LogP contribution in [0.5, 0.6) is 0 Å². The lowest BCUT2D eigenvalue weighted by molar-refractivity contribution is -0.115. The number of hydrogen-bond donors (Lipinski definition) is 2. The van der Waals surface area contributed by atoms with Crippen LogP contribution in [-0.4, -0.2) is 33.1 Å². The largest absolute Gasteiger partial charge is 0.343 e. The Morgan fingerprint density at radius 1 is 1.09 bits per heavy atom. The van der Waals surface area contributed by atoms with E-state index in [9.17, 15) is 9.59 Å². The van der Waals surface area contributed by atoms with Gasteiger partial charge in [0, 0.05) is 34.1 Å². The Morgan fingerprint density at radius 3 is 2.62 bits per heavy atom. The Labute approximate surface area is 193 Å². The normalized spacial score (nSPS) is 10.7. The minimum Gasteiger partial charge on any atom is -0.343 e. The maximum absolute atomic E-state index is 12.7. The van der Waals surface area contributed by atoms with Crippen molar-refractivity contribution in [1.29, 1.82) is 0 Å². The third-order valence-corrected chi connectivity index (χ3v) is 6.43. The molecule has 32 heavy (non-hydrogen) atoms. The fourth-order valence-corrected chi connectivity index (χ4v) is 4.65. The Kier molecular flexibility index (Phi) is 6.98. The van der Waals surface area contributed by atoms with E-state index in [1.54, 1.807) is 52.2 Å². The summed E-state index contributed by atoms with van der Waals surface area (Å²) in [6, 6.07) is 16.5. The van der Waals surface area contributed by atoms with Gasteiger partial charge in [-0.3, -0.25) is 9.59 Å². The summed E-state index contributed by atoms with van der Waals surface area (Å²) in [4.78, 5) is 30.3. The number of nitrogens with one attached hydrogen (secondary N) is 2. The van der Waals surface area contributed by atoms with Crippen LogP contribution in [0, 0.1) is 6.92 Å². The van der Waals surface area contributed by atoms with E-state index in [0.29, 0.717) is 17.0 Å². The molecule has 4 rings (SSSR count). The topological polar surface area (TPSA) is 88.9 Å². The first-order chi connectivity index (χ1) is 15.6. The van der Waals surface area contributed by atoms with Crippen LogP contribution in [0.15, 0.2) is 77.3 Å². The predicted octanol–water partition coefficient (Wildman–Crippen LogP) is 4.30. The van der Waals surface area contributed by atoms with Gasteiger partial charge in [-0.25, -0.2) is 9.67 Å². The second kappa shape index (κ2) is 10.3. The van der Waals surface area contributed by atoms with Gasteiger partial charge in [0.2, 0.25) is 5.91 Å². The quantitative estimate of drug-likeness (QED) is 0.381. The summed E-state index contributed by atoms with van der Waals surface area (Å²) in [5, 5.41) is 12.7. The maximum Gasteiger partial charge on any atom is 0.252 e. The summed E-state index contributed by atoms with van der Waals surface area (Å²) < 4.78 is 1.73. The maximum atomic E-state index is 12.7. The molecule has 2 amide bonds. The summed E-state index contributed by atoms with van der Waals surface area (Å²) >= 11 is 3.16. The zero-order valence-electron chi connectivity index (χ0n) is 17.3.